The maximum absolute atomic E-state index is 12.5. The molecule has 0 aliphatic rings. The molecule has 0 fully saturated rings. The van der Waals surface area contributed by atoms with E-state index in [4.69, 9.17) is 9.88 Å². The van der Waals surface area contributed by atoms with Crippen molar-refractivity contribution in [2.24, 2.45) is 5.14 Å². The van der Waals surface area contributed by atoms with Crippen LogP contribution in [0.4, 0.5) is 5.69 Å². The molecule has 0 saturated heterocycles. The zero-order valence-electron chi connectivity index (χ0n) is 13.9. The quantitative estimate of drug-likeness (QED) is 0.645. The lowest BCUT2D eigenvalue weighted by Crippen LogP contribution is -2.19. The zero-order chi connectivity index (χ0) is 19.5. The third kappa shape index (κ3) is 4.38. The number of nitrogens with two attached hydrogens (primary N) is 1. The first kappa shape index (κ1) is 19.8. The molecule has 0 bridgehead atoms. The fraction of sp³-hybridized carbons (Fsp3) is 0.133. The molecular formula is C15H17N3O6S2. The zero-order valence-corrected chi connectivity index (χ0v) is 15.5. The Balaban J connectivity index is 2.33. The number of methoxy groups -OCH3 is 1. The number of anilines is 1. The number of sulfonamides is 2. The molecule has 0 radical (unpaired) electrons. The van der Waals surface area contributed by atoms with Gasteiger partial charge in [-0.3, -0.25) is 4.79 Å². The topological polar surface area (TPSA) is 145 Å². The molecule has 0 atom stereocenters. The van der Waals surface area contributed by atoms with Gasteiger partial charge in [0.05, 0.1) is 22.5 Å². The molecule has 2 aromatic carbocycles. The van der Waals surface area contributed by atoms with E-state index in [9.17, 15) is 21.6 Å². The summed E-state index contributed by atoms with van der Waals surface area (Å²) < 4.78 is 53.6. The highest BCUT2D eigenvalue weighted by molar-refractivity contribution is 7.89. The van der Waals surface area contributed by atoms with E-state index in [0.29, 0.717) is 5.69 Å². The SMILES string of the molecule is CNS(=O)(=O)c1ccc(NC(=O)c2cc(S(N)(=O)=O)ccc2OC)cc1. The second kappa shape index (κ2) is 7.41. The number of nitrogens with one attached hydrogen (secondary N) is 2. The van der Waals surface area contributed by atoms with Crippen molar-refractivity contribution in [2.75, 3.05) is 19.5 Å². The number of carbonyl (C=O) groups is 1. The van der Waals surface area contributed by atoms with Gasteiger partial charge in [0.2, 0.25) is 20.0 Å². The maximum atomic E-state index is 12.5. The van der Waals surface area contributed by atoms with Crippen LogP contribution >= 0.6 is 0 Å². The number of carbonyl (C=O) groups excluding carboxylic acids is 1. The van der Waals surface area contributed by atoms with Gasteiger partial charge in [0.15, 0.2) is 0 Å². The van der Waals surface area contributed by atoms with E-state index in [0.717, 1.165) is 6.07 Å². The summed E-state index contributed by atoms with van der Waals surface area (Å²) in [4.78, 5) is 12.3. The van der Waals surface area contributed by atoms with Gasteiger partial charge in [0, 0.05) is 5.69 Å². The minimum atomic E-state index is -3.99. The summed E-state index contributed by atoms with van der Waals surface area (Å²) in [7, 11) is -4.96. The van der Waals surface area contributed by atoms with Crippen molar-refractivity contribution in [1.82, 2.24) is 4.72 Å². The summed E-state index contributed by atoms with van der Waals surface area (Å²) in [6.45, 7) is 0. The Kier molecular flexibility index (Phi) is 5.66. The molecule has 2 rings (SSSR count). The first-order valence-electron chi connectivity index (χ1n) is 7.14. The Hall–Kier alpha value is -2.47. The summed E-state index contributed by atoms with van der Waals surface area (Å²) >= 11 is 0. The average Bonchev–Trinajstić information content (AvgIpc) is 2.60. The number of hydrogen-bond acceptors (Lipinski definition) is 6. The number of rotatable bonds is 6. The van der Waals surface area contributed by atoms with E-state index >= 15 is 0 Å². The molecule has 0 saturated carbocycles. The normalized spacial score (nSPS) is 11.8. The molecule has 2 aromatic rings. The van der Waals surface area contributed by atoms with E-state index in [1.54, 1.807) is 0 Å². The highest BCUT2D eigenvalue weighted by atomic mass is 32.2. The summed E-state index contributed by atoms with van der Waals surface area (Å²) in [5.41, 5.74) is 0.277. The van der Waals surface area contributed by atoms with E-state index in [-0.39, 0.29) is 21.1 Å². The Labute approximate surface area is 151 Å². The van der Waals surface area contributed by atoms with Gasteiger partial charge in [-0.2, -0.15) is 0 Å². The lowest BCUT2D eigenvalue weighted by atomic mass is 10.2. The molecule has 11 heteroatoms. The largest absolute Gasteiger partial charge is 0.496 e. The molecule has 0 heterocycles. The first-order valence-corrected chi connectivity index (χ1v) is 10.2. The monoisotopic (exact) mass is 399 g/mol. The predicted octanol–water partition coefficient (Wildman–Crippen LogP) is 0.503. The van der Waals surface area contributed by atoms with Gasteiger partial charge in [0.25, 0.3) is 5.91 Å². The maximum Gasteiger partial charge on any atom is 0.259 e. The van der Waals surface area contributed by atoms with Crippen LogP contribution in [0, 0.1) is 0 Å². The second-order valence-electron chi connectivity index (χ2n) is 5.09. The Morgan fingerprint density at radius 1 is 1.00 bits per heavy atom. The summed E-state index contributed by atoms with van der Waals surface area (Å²) in [5, 5.41) is 7.62. The fourth-order valence-corrected chi connectivity index (χ4v) is 3.35. The molecule has 9 nitrogen and oxygen atoms in total. The van der Waals surface area contributed by atoms with E-state index < -0.39 is 26.0 Å². The Bertz CT molecular complexity index is 1030. The van der Waals surface area contributed by atoms with Crippen molar-refractivity contribution < 1.29 is 26.4 Å². The minimum absolute atomic E-state index is 0.0341. The van der Waals surface area contributed by atoms with Crippen LogP contribution in [0.1, 0.15) is 10.4 Å². The summed E-state index contributed by atoms with van der Waals surface area (Å²) in [6.07, 6.45) is 0. The lowest BCUT2D eigenvalue weighted by Gasteiger charge is -2.11. The molecule has 0 aliphatic heterocycles. The van der Waals surface area contributed by atoms with Crippen LogP contribution in [0.25, 0.3) is 0 Å². The first-order chi connectivity index (χ1) is 12.1. The molecule has 1 amide bonds. The summed E-state index contributed by atoms with van der Waals surface area (Å²) in [6, 6.07) is 9.08. The standard InChI is InChI=1S/C15H17N3O6S2/c1-17-26(22,23)11-5-3-10(4-6-11)18-15(19)13-9-12(25(16,20)21)7-8-14(13)24-2/h3-9,17H,1-2H3,(H,18,19)(H2,16,20,21). The van der Waals surface area contributed by atoms with Crippen molar-refractivity contribution in [3.05, 3.63) is 48.0 Å². The van der Waals surface area contributed by atoms with Crippen molar-refractivity contribution in [3.8, 4) is 5.75 Å². The molecule has 0 aliphatic carbocycles. The van der Waals surface area contributed by atoms with Crippen molar-refractivity contribution in [2.45, 2.75) is 9.79 Å². The highest BCUT2D eigenvalue weighted by Gasteiger charge is 2.18. The van der Waals surface area contributed by atoms with Crippen LogP contribution in [0.5, 0.6) is 5.75 Å². The van der Waals surface area contributed by atoms with Crippen molar-refractivity contribution in [1.29, 1.82) is 0 Å². The number of amides is 1. The lowest BCUT2D eigenvalue weighted by molar-refractivity contribution is 0.102. The van der Waals surface area contributed by atoms with Crippen LogP contribution in [0.2, 0.25) is 0 Å². The van der Waals surface area contributed by atoms with Crippen LogP contribution < -0.4 is 19.9 Å². The van der Waals surface area contributed by atoms with Gasteiger partial charge < -0.3 is 10.1 Å². The number of ether oxygens (including phenoxy) is 1. The van der Waals surface area contributed by atoms with Crippen LogP contribution in [0.15, 0.2) is 52.3 Å². The van der Waals surface area contributed by atoms with E-state index in [1.165, 1.54) is 50.6 Å². The van der Waals surface area contributed by atoms with Gasteiger partial charge in [-0.05, 0) is 49.5 Å². The minimum Gasteiger partial charge on any atom is -0.496 e. The van der Waals surface area contributed by atoms with Gasteiger partial charge >= 0.3 is 0 Å². The molecule has 26 heavy (non-hydrogen) atoms. The van der Waals surface area contributed by atoms with Gasteiger partial charge in [0.1, 0.15) is 5.75 Å². The van der Waals surface area contributed by atoms with Crippen LogP contribution in [-0.2, 0) is 20.0 Å². The van der Waals surface area contributed by atoms with E-state index in [2.05, 4.69) is 10.0 Å². The molecular weight excluding hydrogens is 382 g/mol. The number of primary sulfonamides is 1. The highest BCUT2D eigenvalue weighted by Crippen LogP contribution is 2.23. The number of benzene rings is 2. The molecule has 4 N–H and O–H groups in total. The van der Waals surface area contributed by atoms with E-state index in [1.807, 2.05) is 0 Å². The van der Waals surface area contributed by atoms with Gasteiger partial charge in [-0.15, -0.1) is 0 Å². The van der Waals surface area contributed by atoms with Crippen molar-refractivity contribution in [3.63, 3.8) is 0 Å². The van der Waals surface area contributed by atoms with Crippen LogP contribution in [-0.4, -0.2) is 36.9 Å². The van der Waals surface area contributed by atoms with Gasteiger partial charge in [-0.1, -0.05) is 0 Å². The second-order valence-corrected chi connectivity index (χ2v) is 8.54. The summed E-state index contributed by atoms with van der Waals surface area (Å²) in [5.74, 6) is -0.485. The Morgan fingerprint density at radius 3 is 2.08 bits per heavy atom. The Morgan fingerprint density at radius 2 is 1.58 bits per heavy atom. The number of hydrogen-bond donors (Lipinski definition) is 3. The predicted molar refractivity (Wildman–Crippen MR) is 95.0 cm³/mol. The molecule has 140 valence electrons. The molecule has 0 spiro atoms. The third-order valence-electron chi connectivity index (χ3n) is 3.44. The van der Waals surface area contributed by atoms with Gasteiger partial charge in [-0.25, -0.2) is 26.7 Å². The molecule has 0 aromatic heterocycles. The third-order valence-corrected chi connectivity index (χ3v) is 5.78. The van der Waals surface area contributed by atoms with Crippen molar-refractivity contribution >= 4 is 31.6 Å². The molecule has 0 unspecified atom stereocenters. The average molecular weight is 399 g/mol. The fourth-order valence-electron chi connectivity index (χ4n) is 2.08. The van der Waals surface area contributed by atoms with Crippen LogP contribution in [0.3, 0.4) is 0 Å². The smallest absolute Gasteiger partial charge is 0.259 e.